The topological polar surface area (TPSA) is 64.1 Å². The molecule has 0 unspecified atom stereocenters. The molecular weight excluding hydrogens is 322 g/mol. The molecule has 1 saturated carbocycles. The number of benzene rings is 1. The molecule has 0 aliphatic heterocycles. The van der Waals surface area contributed by atoms with Crippen LogP contribution in [0.25, 0.3) is 0 Å². The Bertz CT molecular complexity index is 738. The summed E-state index contributed by atoms with van der Waals surface area (Å²) in [6.45, 7) is 8.13. The van der Waals surface area contributed by atoms with Gasteiger partial charge >= 0.3 is 0 Å². The molecule has 1 aromatic carbocycles. The molecule has 2 aromatic rings. The predicted octanol–water partition coefficient (Wildman–Crippen LogP) is 4.25. The van der Waals surface area contributed by atoms with Gasteiger partial charge in [0.05, 0.1) is 0 Å². The average Bonchev–Trinajstić information content (AvgIpc) is 3.27. The van der Waals surface area contributed by atoms with Gasteiger partial charge in [-0.05, 0) is 55.9 Å². The van der Waals surface area contributed by atoms with E-state index >= 15 is 0 Å². The highest BCUT2D eigenvalue weighted by atomic mass is 32.1. The van der Waals surface area contributed by atoms with Crippen molar-refractivity contribution in [2.75, 3.05) is 5.32 Å². The zero-order valence-electron chi connectivity index (χ0n) is 14.5. The molecule has 1 aromatic heterocycles. The molecule has 128 valence electrons. The van der Waals surface area contributed by atoms with Gasteiger partial charge in [0.25, 0.3) is 5.91 Å². The summed E-state index contributed by atoms with van der Waals surface area (Å²) in [5, 5.41) is 12.5. The van der Waals surface area contributed by atoms with Crippen molar-refractivity contribution in [3.63, 3.8) is 0 Å². The number of aryl methyl sites for hydroxylation is 1. The van der Waals surface area contributed by atoms with Gasteiger partial charge in [0.2, 0.25) is 5.13 Å². The third-order valence-corrected chi connectivity index (χ3v) is 5.14. The van der Waals surface area contributed by atoms with Crippen LogP contribution in [-0.2, 0) is 4.79 Å². The summed E-state index contributed by atoms with van der Waals surface area (Å²) in [6.07, 6.45) is 1.75. The fourth-order valence-electron chi connectivity index (χ4n) is 2.61. The Kier molecular flexibility index (Phi) is 4.85. The predicted molar refractivity (Wildman–Crippen MR) is 95.9 cm³/mol. The molecule has 5 nitrogen and oxygen atoms in total. The van der Waals surface area contributed by atoms with Crippen LogP contribution in [0.4, 0.5) is 5.13 Å². The Balaban J connectivity index is 1.59. The van der Waals surface area contributed by atoms with Crippen LogP contribution < -0.4 is 10.1 Å². The molecule has 3 rings (SSSR count). The summed E-state index contributed by atoms with van der Waals surface area (Å²) < 4.78 is 5.77. The number of rotatable bonds is 6. The molecular formula is C18H23N3O2S. The minimum Gasteiger partial charge on any atom is -0.481 e. The number of ether oxygens (including phenoxy) is 1. The Hall–Kier alpha value is -1.95. The molecule has 0 bridgehead atoms. The third kappa shape index (κ3) is 3.93. The van der Waals surface area contributed by atoms with Crippen LogP contribution in [0.2, 0.25) is 0 Å². The quantitative estimate of drug-likeness (QED) is 0.850. The van der Waals surface area contributed by atoms with Gasteiger partial charge in [-0.15, -0.1) is 10.2 Å². The second kappa shape index (κ2) is 6.89. The third-order valence-electron chi connectivity index (χ3n) is 4.14. The zero-order chi connectivity index (χ0) is 17.3. The smallest absolute Gasteiger partial charge is 0.266 e. The van der Waals surface area contributed by atoms with E-state index in [1.165, 1.54) is 35.3 Å². The number of hydrogen-bond acceptors (Lipinski definition) is 5. The first-order chi connectivity index (χ1) is 11.4. The minimum absolute atomic E-state index is 0.209. The molecule has 0 radical (unpaired) electrons. The van der Waals surface area contributed by atoms with Crippen LogP contribution in [-0.4, -0.2) is 22.2 Å². The van der Waals surface area contributed by atoms with Crippen molar-refractivity contribution in [1.82, 2.24) is 10.2 Å². The number of carbonyl (C=O) groups is 1. The van der Waals surface area contributed by atoms with Gasteiger partial charge in [0.15, 0.2) is 6.10 Å². The maximum absolute atomic E-state index is 12.3. The molecule has 1 fully saturated rings. The molecule has 0 spiro atoms. The maximum Gasteiger partial charge on any atom is 0.266 e. The van der Waals surface area contributed by atoms with Crippen LogP contribution in [0.3, 0.4) is 0 Å². The molecule has 1 heterocycles. The highest BCUT2D eigenvalue weighted by molar-refractivity contribution is 7.15. The first kappa shape index (κ1) is 16.9. The van der Waals surface area contributed by atoms with Gasteiger partial charge in [-0.1, -0.05) is 31.3 Å². The minimum atomic E-state index is -0.595. The number of hydrogen-bond donors (Lipinski definition) is 1. The second-order valence-corrected chi connectivity index (χ2v) is 7.65. The summed E-state index contributed by atoms with van der Waals surface area (Å²) in [6, 6.07) is 5.96. The van der Waals surface area contributed by atoms with Gasteiger partial charge in [0, 0.05) is 5.92 Å². The van der Waals surface area contributed by atoms with Crippen molar-refractivity contribution in [2.45, 2.75) is 58.5 Å². The van der Waals surface area contributed by atoms with E-state index in [0.29, 0.717) is 22.7 Å². The van der Waals surface area contributed by atoms with Gasteiger partial charge in [-0.25, -0.2) is 0 Å². The van der Waals surface area contributed by atoms with E-state index in [-0.39, 0.29) is 5.91 Å². The largest absolute Gasteiger partial charge is 0.481 e. The Morgan fingerprint density at radius 2 is 2.04 bits per heavy atom. The lowest BCUT2D eigenvalue weighted by atomic mass is 9.98. The van der Waals surface area contributed by atoms with E-state index in [1.54, 1.807) is 6.92 Å². The Morgan fingerprint density at radius 3 is 2.67 bits per heavy atom. The van der Waals surface area contributed by atoms with E-state index in [2.05, 4.69) is 42.4 Å². The zero-order valence-corrected chi connectivity index (χ0v) is 15.3. The standard InChI is InChI=1S/C18H23N3O2S/c1-10(2)15-8-7-14(9-11(15)3)23-12(4)16(22)19-18-21-20-17(24-18)13-5-6-13/h7-10,12-13H,5-6H2,1-4H3,(H,19,21,22)/t12-/m0/s1. The lowest BCUT2D eigenvalue weighted by molar-refractivity contribution is -0.122. The summed E-state index contributed by atoms with van der Waals surface area (Å²) in [7, 11) is 0. The van der Waals surface area contributed by atoms with E-state index in [1.807, 2.05) is 12.1 Å². The van der Waals surface area contributed by atoms with Crippen molar-refractivity contribution < 1.29 is 9.53 Å². The summed E-state index contributed by atoms with van der Waals surface area (Å²) in [4.78, 5) is 12.3. The molecule has 0 saturated heterocycles. The number of anilines is 1. The molecule has 6 heteroatoms. The van der Waals surface area contributed by atoms with Crippen LogP contribution in [0.5, 0.6) is 5.75 Å². The van der Waals surface area contributed by atoms with Crippen LogP contribution in [0.1, 0.15) is 61.6 Å². The summed E-state index contributed by atoms with van der Waals surface area (Å²) in [5.41, 5.74) is 2.47. The molecule has 1 amide bonds. The molecule has 24 heavy (non-hydrogen) atoms. The molecule has 1 atom stereocenters. The first-order valence-corrected chi connectivity index (χ1v) is 9.17. The number of nitrogens with one attached hydrogen (secondary N) is 1. The van der Waals surface area contributed by atoms with Crippen molar-refractivity contribution in [1.29, 1.82) is 0 Å². The number of aromatic nitrogens is 2. The first-order valence-electron chi connectivity index (χ1n) is 8.35. The Morgan fingerprint density at radius 1 is 1.29 bits per heavy atom. The highest BCUT2D eigenvalue weighted by Crippen LogP contribution is 2.42. The fourth-order valence-corrected chi connectivity index (χ4v) is 3.53. The van der Waals surface area contributed by atoms with Crippen molar-refractivity contribution >= 4 is 22.4 Å². The number of amides is 1. The highest BCUT2D eigenvalue weighted by Gasteiger charge is 2.28. The second-order valence-electron chi connectivity index (χ2n) is 6.64. The van der Waals surface area contributed by atoms with Gasteiger partial charge in [-0.2, -0.15) is 0 Å². The summed E-state index contributed by atoms with van der Waals surface area (Å²) >= 11 is 1.45. The normalized spacial score (nSPS) is 15.4. The van der Waals surface area contributed by atoms with E-state index in [4.69, 9.17) is 4.74 Å². The molecule has 1 N–H and O–H groups in total. The summed E-state index contributed by atoms with van der Waals surface area (Å²) in [5.74, 6) is 1.51. The molecule has 1 aliphatic carbocycles. The van der Waals surface area contributed by atoms with Crippen LogP contribution in [0.15, 0.2) is 18.2 Å². The van der Waals surface area contributed by atoms with Crippen molar-refractivity contribution in [3.05, 3.63) is 34.3 Å². The maximum atomic E-state index is 12.3. The van der Waals surface area contributed by atoms with Gasteiger partial charge in [-0.3, -0.25) is 10.1 Å². The van der Waals surface area contributed by atoms with Gasteiger partial charge in [0.1, 0.15) is 10.8 Å². The van der Waals surface area contributed by atoms with E-state index < -0.39 is 6.10 Å². The Labute approximate surface area is 146 Å². The van der Waals surface area contributed by atoms with E-state index in [0.717, 1.165) is 5.01 Å². The lowest BCUT2D eigenvalue weighted by Crippen LogP contribution is -2.30. The molecule has 1 aliphatic rings. The SMILES string of the molecule is Cc1cc(O[C@@H](C)C(=O)Nc2nnc(C3CC3)s2)ccc1C(C)C. The number of carbonyl (C=O) groups excluding carboxylic acids is 1. The monoisotopic (exact) mass is 345 g/mol. The average molecular weight is 345 g/mol. The lowest BCUT2D eigenvalue weighted by Gasteiger charge is -2.16. The van der Waals surface area contributed by atoms with Crippen LogP contribution >= 0.6 is 11.3 Å². The van der Waals surface area contributed by atoms with Crippen molar-refractivity contribution in [3.8, 4) is 5.75 Å². The van der Waals surface area contributed by atoms with E-state index in [9.17, 15) is 4.79 Å². The fraction of sp³-hybridized carbons (Fsp3) is 0.500. The van der Waals surface area contributed by atoms with Crippen LogP contribution in [0, 0.1) is 6.92 Å². The number of nitrogens with zero attached hydrogens (tertiary/aromatic N) is 2. The van der Waals surface area contributed by atoms with Gasteiger partial charge < -0.3 is 4.74 Å². The van der Waals surface area contributed by atoms with Crippen molar-refractivity contribution in [2.24, 2.45) is 0 Å².